The smallest absolute Gasteiger partial charge is 0.252 e. The zero-order valence-corrected chi connectivity index (χ0v) is 10.6. The quantitative estimate of drug-likeness (QED) is 0.874. The van der Waals surface area contributed by atoms with Crippen LogP contribution in [0, 0.1) is 5.82 Å². The number of halogens is 1. The van der Waals surface area contributed by atoms with E-state index in [0.717, 1.165) is 13.1 Å². The number of rotatable bonds is 4. The molecular weight excluding hydrogens is 235 g/mol. The maximum absolute atomic E-state index is 13.5. The van der Waals surface area contributed by atoms with E-state index in [-0.39, 0.29) is 23.8 Å². The zero-order chi connectivity index (χ0) is 13.2. The van der Waals surface area contributed by atoms with Crippen LogP contribution in [0.3, 0.4) is 0 Å². The largest absolute Gasteiger partial charge is 0.363 e. The summed E-state index contributed by atoms with van der Waals surface area (Å²) in [5.41, 5.74) is -0.00544. The fraction of sp³-hybridized carbons (Fsp3) is 0.462. The fourth-order valence-corrected chi connectivity index (χ4v) is 1.77. The number of benzene rings is 1. The molecule has 1 heterocycles. The Morgan fingerprint density at radius 1 is 1.50 bits per heavy atom. The highest BCUT2D eigenvalue weighted by Gasteiger charge is 2.33. The third-order valence-corrected chi connectivity index (χ3v) is 3.13. The van der Waals surface area contributed by atoms with E-state index in [1.807, 2.05) is 6.92 Å². The van der Waals surface area contributed by atoms with Crippen molar-refractivity contribution in [3.05, 3.63) is 30.1 Å². The fourth-order valence-electron chi connectivity index (χ4n) is 1.77. The van der Waals surface area contributed by atoms with Crippen LogP contribution in [0.15, 0.2) is 24.3 Å². The van der Waals surface area contributed by atoms with Crippen LogP contribution < -0.4 is 10.2 Å². The Kier molecular flexibility index (Phi) is 3.63. The Hall–Kier alpha value is -1.46. The summed E-state index contributed by atoms with van der Waals surface area (Å²) < 4.78 is 19.0. The average molecular weight is 252 g/mol. The standard InChI is InChI=1S/C13H17FN2O2/c1-13(8-15-9-13)18-7-12(17)16(2)11-6-4-3-5-10(11)14/h3-6,15H,7-9H2,1-2H3. The van der Waals surface area contributed by atoms with E-state index in [1.165, 1.54) is 11.0 Å². The van der Waals surface area contributed by atoms with Gasteiger partial charge >= 0.3 is 0 Å². The predicted molar refractivity (Wildman–Crippen MR) is 67.0 cm³/mol. The van der Waals surface area contributed by atoms with Gasteiger partial charge < -0.3 is 15.0 Å². The molecule has 2 rings (SSSR count). The molecule has 1 aliphatic rings. The first kappa shape index (κ1) is 13.0. The maximum Gasteiger partial charge on any atom is 0.252 e. The number of carbonyl (C=O) groups excluding carboxylic acids is 1. The van der Waals surface area contributed by atoms with Gasteiger partial charge in [0, 0.05) is 20.1 Å². The molecule has 0 spiro atoms. The van der Waals surface area contributed by atoms with Gasteiger partial charge in [0.05, 0.1) is 11.3 Å². The van der Waals surface area contributed by atoms with Gasteiger partial charge in [-0.05, 0) is 19.1 Å². The van der Waals surface area contributed by atoms with Gasteiger partial charge in [-0.25, -0.2) is 4.39 Å². The molecule has 1 aliphatic heterocycles. The van der Waals surface area contributed by atoms with E-state index in [4.69, 9.17) is 4.74 Å². The summed E-state index contributed by atoms with van der Waals surface area (Å²) in [5, 5.41) is 3.09. The molecule has 98 valence electrons. The molecule has 1 aromatic carbocycles. The van der Waals surface area contributed by atoms with Crippen LogP contribution in [0.5, 0.6) is 0 Å². The molecule has 0 bridgehead atoms. The van der Waals surface area contributed by atoms with Crippen LogP contribution in [0.2, 0.25) is 0 Å². The van der Waals surface area contributed by atoms with Gasteiger partial charge in [0.25, 0.3) is 5.91 Å². The molecule has 1 N–H and O–H groups in total. The molecule has 0 aromatic heterocycles. The molecule has 1 fully saturated rings. The summed E-state index contributed by atoms with van der Waals surface area (Å²) in [7, 11) is 1.55. The van der Waals surface area contributed by atoms with Crippen molar-refractivity contribution < 1.29 is 13.9 Å². The Labute approximate surface area is 106 Å². The van der Waals surface area contributed by atoms with Crippen molar-refractivity contribution in [2.75, 3.05) is 31.6 Å². The Morgan fingerprint density at radius 3 is 2.72 bits per heavy atom. The van der Waals surface area contributed by atoms with Gasteiger partial charge in [-0.15, -0.1) is 0 Å². The summed E-state index contributed by atoms with van der Waals surface area (Å²) in [6.45, 7) is 3.39. The van der Waals surface area contributed by atoms with Gasteiger partial charge in [0.1, 0.15) is 12.4 Å². The number of hydrogen-bond donors (Lipinski definition) is 1. The van der Waals surface area contributed by atoms with Crippen molar-refractivity contribution in [3.8, 4) is 0 Å². The average Bonchev–Trinajstić information content (AvgIpc) is 2.33. The number of likely N-dealkylation sites (N-methyl/N-ethyl adjacent to an activating group) is 1. The monoisotopic (exact) mass is 252 g/mol. The second-order valence-electron chi connectivity index (χ2n) is 4.75. The van der Waals surface area contributed by atoms with E-state index in [9.17, 15) is 9.18 Å². The Balaban J connectivity index is 1.94. The topological polar surface area (TPSA) is 41.6 Å². The highest BCUT2D eigenvalue weighted by Crippen LogP contribution is 2.19. The molecule has 0 aliphatic carbocycles. The third kappa shape index (κ3) is 2.68. The maximum atomic E-state index is 13.5. The lowest BCUT2D eigenvalue weighted by Crippen LogP contribution is -2.59. The number of hydrogen-bond acceptors (Lipinski definition) is 3. The lowest BCUT2D eigenvalue weighted by molar-refractivity contribution is -0.133. The van der Waals surface area contributed by atoms with Crippen molar-refractivity contribution in [2.24, 2.45) is 0 Å². The number of nitrogens with zero attached hydrogens (tertiary/aromatic N) is 1. The zero-order valence-electron chi connectivity index (χ0n) is 10.6. The molecule has 18 heavy (non-hydrogen) atoms. The summed E-state index contributed by atoms with van der Waals surface area (Å²) in [6.07, 6.45) is 0. The predicted octanol–water partition coefficient (Wildman–Crippen LogP) is 1.17. The van der Waals surface area contributed by atoms with Crippen molar-refractivity contribution in [1.82, 2.24) is 5.32 Å². The number of ether oxygens (including phenoxy) is 1. The molecule has 0 atom stereocenters. The molecule has 0 unspecified atom stereocenters. The summed E-state index contributed by atoms with van der Waals surface area (Å²) in [5.74, 6) is -0.668. The summed E-state index contributed by atoms with van der Waals surface area (Å²) >= 11 is 0. The summed E-state index contributed by atoms with van der Waals surface area (Å²) in [6, 6.07) is 6.19. The van der Waals surface area contributed by atoms with Crippen LogP contribution >= 0.6 is 0 Å². The van der Waals surface area contributed by atoms with Crippen LogP contribution in [0.25, 0.3) is 0 Å². The normalized spacial score (nSPS) is 17.1. The lowest BCUT2D eigenvalue weighted by Gasteiger charge is -2.39. The minimum atomic E-state index is -0.412. The number of anilines is 1. The van der Waals surface area contributed by atoms with Crippen LogP contribution in [0.4, 0.5) is 10.1 Å². The highest BCUT2D eigenvalue weighted by molar-refractivity contribution is 5.93. The summed E-state index contributed by atoms with van der Waals surface area (Å²) in [4.78, 5) is 13.2. The second-order valence-corrected chi connectivity index (χ2v) is 4.75. The van der Waals surface area contributed by atoms with Gasteiger partial charge in [-0.3, -0.25) is 4.79 Å². The third-order valence-electron chi connectivity index (χ3n) is 3.13. The lowest BCUT2D eigenvalue weighted by atomic mass is 10.0. The van der Waals surface area contributed by atoms with Crippen molar-refractivity contribution >= 4 is 11.6 Å². The number of para-hydroxylation sites is 1. The first-order valence-corrected chi connectivity index (χ1v) is 5.88. The van der Waals surface area contributed by atoms with Crippen molar-refractivity contribution in [1.29, 1.82) is 0 Å². The molecule has 4 nitrogen and oxygen atoms in total. The van der Waals surface area contributed by atoms with E-state index in [2.05, 4.69) is 5.32 Å². The second kappa shape index (κ2) is 5.04. The molecular formula is C13H17FN2O2. The van der Waals surface area contributed by atoms with Crippen molar-refractivity contribution in [3.63, 3.8) is 0 Å². The first-order chi connectivity index (χ1) is 8.52. The SMILES string of the molecule is CN(C(=O)COC1(C)CNC1)c1ccccc1F. The first-order valence-electron chi connectivity index (χ1n) is 5.88. The number of carbonyl (C=O) groups is 1. The van der Waals surface area contributed by atoms with Crippen molar-refractivity contribution in [2.45, 2.75) is 12.5 Å². The Bertz CT molecular complexity index is 446. The molecule has 1 amide bonds. The molecule has 0 radical (unpaired) electrons. The highest BCUT2D eigenvalue weighted by atomic mass is 19.1. The van der Waals surface area contributed by atoms with E-state index in [1.54, 1.807) is 25.2 Å². The number of nitrogens with one attached hydrogen (secondary N) is 1. The minimum Gasteiger partial charge on any atom is -0.363 e. The molecule has 5 heteroatoms. The van der Waals surface area contributed by atoms with Gasteiger partial charge in [0.2, 0.25) is 0 Å². The van der Waals surface area contributed by atoms with Gasteiger partial charge in [-0.2, -0.15) is 0 Å². The van der Waals surface area contributed by atoms with Crippen LogP contribution in [-0.2, 0) is 9.53 Å². The van der Waals surface area contributed by atoms with E-state index >= 15 is 0 Å². The molecule has 1 saturated heterocycles. The van der Waals surface area contributed by atoms with Crippen LogP contribution in [-0.4, -0.2) is 38.3 Å². The van der Waals surface area contributed by atoms with E-state index < -0.39 is 5.82 Å². The van der Waals surface area contributed by atoms with Gasteiger partial charge in [-0.1, -0.05) is 12.1 Å². The minimum absolute atomic E-state index is 0.0387. The Morgan fingerprint density at radius 2 is 2.17 bits per heavy atom. The van der Waals surface area contributed by atoms with Gasteiger partial charge in [0.15, 0.2) is 0 Å². The van der Waals surface area contributed by atoms with Crippen LogP contribution in [0.1, 0.15) is 6.92 Å². The molecule has 1 aromatic rings. The van der Waals surface area contributed by atoms with E-state index in [0.29, 0.717) is 0 Å². The molecule has 0 saturated carbocycles. The number of amides is 1.